The largest absolute Gasteiger partial charge is 0.326 e. The summed E-state index contributed by atoms with van der Waals surface area (Å²) in [4.78, 5) is 27.2. The van der Waals surface area contributed by atoms with E-state index in [4.69, 9.17) is 0 Å². The molecule has 0 radical (unpaired) electrons. The normalized spacial score (nSPS) is 10.2. The smallest absolute Gasteiger partial charge is 0.295 e. The van der Waals surface area contributed by atoms with Crippen molar-refractivity contribution in [3.8, 4) is 0 Å². The molecule has 0 aliphatic rings. The quantitative estimate of drug-likeness (QED) is 0.799. The Hall–Kier alpha value is -2.70. The van der Waals surface area contributed by atoms with Crippen molar-refractivity contribution in [2.45, 2.75) is 27.2 Å². The van der Waals surface area contributed by atoms with E-state index in [2.05, 4.69) is 25.8 Å². The van der Waals surface area contributed by atoms with Crippen molar-refractivity contribution >= 4 is 23.2 Å². The summed E-state index contributed by atoms with van der Waals surface area (Å²) in [6.07, 6.45) is 0.678. The third kappa shape index (κ3) is 3.65. The molecule has 2 rings (SSSR count). The molecule has 1 aromatic heterocycles. The van der Waals surface area contributed by atoms with Crippen molar-refractivity contribution in [2.24, 2.45) is 0 Å². The molecule has 21 heavy (non-hydrogen) atoms. The van der Waals surface area contributed by atoms with E-state index in [1.54, 1.807) is 12.1 Å². The molecule has 0 aliphatic carbocycles. The summed E-state index contributed by atoms with van der Waals surface area (Å²) in [6.45, 7) is 5.23. The van der Waals surface area contributed by atoms with Crippen molar-refractivity contribution in [1.29, 1.82) is 0 Å². The van der Waals surface area contributed by atoms with Gasteiger partial charge in [0.05, 0.1) is 0 Å². The van der Waals surface area contributed by atoms with Crippen molar-refractivity contribution in [2.75, 3.05) is 10.6 Å². The Labute approximate surface area is 122 Å². The lowest BCUT2D eigenvalue weighted by Crippen LogP contribution is -2.14. The van der Waals surface area contributed by atoms with E-state index in [-0.39, 0.29) is 11.7 Å². The summed E-state index contributed by atoms with van der Waals surface area (Å²) in [5.74, 6) is 0.184. The molecule has 2 amide bonds. The molecule has 0 unspecified atom stereocenters. The molecule has 7 heteroatoms. The van der Waals surface area contributed by atoms with Crippen LogP contribution < -0.4 is 10.6 Å². The van der Waals surface area contributed by atoms with Gasteiger partial charge in [0.1, 0.15) is 5.82 Å². The number of benzene rings is 1. The molecule has 0 spiro atoms. The number of hydrogen-bond donors (Lipinski definition) is 3. The van der Waals surface area contributed by atoms with Crippen LogP contribution in [0.1, 0.15) is 35.9 Å². The van der Waals surface area contributed by atoms with Gasteiger partial charge < -0.3 is 10.6 Å². The molecule has 2 aromatic rings. The Balaban J connectivity index is 2.15. The molecular weight excluding hydrogens is 270 g/mol. The van der Waals surface area contributed by atoms with Gasteiger partial charge in [-0.25, -0.2) is 4.98 Å². The molecule has 0 saturated heterocycles. The van der Waals surface area contributed by atoms with E-state index >= 15 is 0 Å². The zero-order chi connectivity index (χ0) is 15.4. The van der Waals surface area contributed by atoms with E-state index in [0.717, 1.165) is 5.56 Å². The molecule has 7 nitrogen and oxygen atoms in total. The number of H-pyrrole nitrogens is 1. The van der Waals surface area contributed by atoms with Crippen LogP contribution >= 0.6 is 0 Å². The van der Waals surface area contributed by atoms with Crippen LogP contribution in [0.15, 0.2) is 18.2 Å². The Morgan fingerprint density at radius 3 is 2.67 bits per heavy atom. The molecule has 3 N–H and O–H groups in total. The number of anilines is 2. The summed E-state index contributed by atoms with van der Waals surface area (Å²) in [7, 11) is 0. The van der Waals surface area contributed by atoms with Gasteiger partial charge in [0, 0.05) is 24.7 Å². The molecule has 0 saturated carbocycles. The molecule has 1 aromatic carbocycles. The minimum atomic E-state index is -0.399. The Morgan fingerprint density at radius 2 is 2.05 bits per heavy atom. The number of aryl methyl sites for hydroxylation is 2. The molecule has 0 bridgehead atoms. The first-order valence-corrected chi connectivity index (χ1v) is 6.60. The van der Waals surface area contributed by atoms with Gasteiger partial charge >= 0.3 is 0 Å². The predicted octanol–water partition coefficient (Wildman–Crippen LogP) is 1.89. The minimum Gasteiger partial charge on any atom is -0.326 e. The summed E-state index contributed by atoms with van der Waals surface area (Å²) >= 11 is 0. The van der Waals surface area contributed by atoms with Gasteiger partial charge in [0.15, 0.2) is 0 Å². The van der Waals surface area contributed by atoms with E-state index in [1.807, 2.05) is 19.9 Å². The Bertz CT molecular complexity index is 678. The van der Waals surface area contributed by atoms with Crippen LogP contribution in [0.25, 0.3) is 0 Å². The fourth-order valence-electron chi connectivity index (χ4n) is 1.77. The third-order valence-electron chi connectivity index (χ3n) is 2.88. The second kappa shape index (κ2) is 6.17. The standard InChI is InChI=1S/C14H17N5O2/c1-4-12-17-13(19-18-12)14(21)16-10-6-5-8(2)11(7-10)15-9(3)20/h5-7H,4H2,1-3H3,(H,15,20)(H,16,21)(H,17,18,19). The average molecular weight is 287 g/mol. The monoisotopic (exact) mass is 287 g/mol. The van der Waals surface area contributed by atoms with Gasteiger partial charge in [-0.1, -0.05) is 13.0 Å². The van der Waals surface area contributed by atoms with Crippen LogP contribution in [0.3, 0.4) is 0 Å². The molecule has 0 aliphatic heterocycles. The van der Waals surface area contributed by atoms with Crippen molar-refractivity contribution in [3.63, 3.8) is 0 Å². The van der Waals surface area contributed by atoms with Crippen molar-refractivity contribution in [1.82, 2.24) is 15.2 Å². The predicted molar refractivity (Wildman–Crippen MR) is 79.2 cm³/mol. The number of hydrogen-bond acceptors (Lipinski definition) is 4. The first kappa shape index (κ1) is 14.7. The van der Waals surface area contributed by atoms with E-state index < -0.39 is 5.91 Å². The average Bonchev–Trinajstić information content (AvgIpc) is 2.91. The third-order valence-corrected chi connectivity index (χ3v) is 2.88. The zero-order valence-corrected chi connectivity index (χ0v) is 12.2. The minimum absolute atomic E-state index is 0.0912. The lowest BCUT2D eigenvalue weighted by Gasteiger charge is -2.09. The van der Waals surface area contributed by atoms with Crippen molar-refractivity contribution < 1.29 is 9.59 Å². The highest BCUT2D eigenvalue weighted by atomic mass is 16.2. The highest BCUT2D eigenvalue weighted by Gasteiger charge is 2.12. The van der Waals surface area contributed by atoms with Crippen LogP contribution in [0.2, 0.25) is 0 Å². The maximum Gasteiger partial charge on any atom is 0.295 e. The van der Waals surface area contributed by atoms with E-state index in [9.17, 15) is 9.59 Å². The van der Waals surface area contributed by atoms with Crippen LogP contribution in [-0.4, -0.2) is 27.0 Å². The van der Waals surface area contributed by atoms with Crippen molar-refractivity contribution in [3.05, 3.63) is 35.4 Å². The maximum atomic E-state index is 12.0. The lowest BCUT2D eigenvalue weighted by atomic mass is 10.1. The second-order valence-electron chi connectivity index (χ2n) is 4.62. The van der Waals surface area contributed by atoms with Crippen LogP contribution in [0.4, 0.5) is 11.4 Å². The van der Waals surface area contributed by atoms with Gasteiger partial charge in [-0.05, 0) is 24.6 Å². The Kier molecular flexibility index (Phi) is 4.32. The summed E-state index contributed by atoms with van der Waals surface area (Å²) in [5.41, 5.74) is 2.14. The first-order valence-electron chi connectivity index (χ1n) is 6.60. The number of aromatic nitrogens is 3. The number of carbonyl (C=O) groups is 2. The van der Waals surface area contributed by atoms with Gasteiger partial charge in [-0.2, -0.15) is 0 Å². The fourth-order valence-corrected chi connectivity index (χ4v) is 1.77. The highest BCUT2D eigenvalue weighted by molar-refractivity contribution is 6.02. The van der Waals surface area contributed by atoms with E-state index in [0.29, 0.717) is 23.6 Å². The SMILES string of the molecule is CCc1nc(C(=O)Nc2ccc(C)c(NC(C)=O)c2)n[nH]1. The molecule has 110 valence electrons. The number of amides is 2. The molecule has 1 heterocycles. The maximum absolute atomic E-state index is 12.0. The number of carbonyl (C=O) groups excluding carboxylic acids is 2. The zero-order valence-electron chi connectivity index (χ0n) is 12.2. The van der Waals surface area contributed by atoms with Gasteiger partial charge in [0.2, 0.25) is 11.7 Å². The molecular formula is C14H17N5O2. The highest BCUT2D eigenvalue weighted by Crippen LogP contribution is 2.20. The summed E-state index contributed by atoms with van der Waals surface area (Å²) in [5, 5.41) is 12.0. The van der Waals surface area contributed by atoms with Crippen LogP contribution in [0.5, 0.6) is 0 Å². The van der Waals surface area contributed by atoms with Gasteiger partial charge in [-0.15, -0.1) is 5.10 Å². The van der Waals surface area contributed by atoms with E-state index in [1.165, 1.54) is 6.92 Å². The lowest BCUT2D eigenvalue weighted by molar-refractivity contribution is -0.114. The second-order valence-corrected chi connectivity index (χ2v) is 4.62. The topological polar surface area (TPSA) is 99.8 Å². The first-order chi connectivity index (χ1) is 9.99. The molecule has 0 atom stereocenters. The van der Waals surface area contributed by atoms with Gasteiger partial charge in [0.25, 0.3) is 5.91 Å². The number of aromatic amines is 1. The molecule has 0 fully saturated rings. The number of rotatable bonds is 4. The van der Waals surface area contributed by atoms with Crippen LogP contribution in [0, 0.1) is 6.92 Å². The van der Waals surface area contributed by atoms with Gasteiger partial charge in [-0.3, -0.25) is 14.7 Å². The van der Waals surface area contributed by atoms with Crippen LogP contribution in [-0.2, 0) is 11.2 Å². The summed E-state index contributed by atoms with van der Waals surface area (Å²) in [6, 6.07) is 5.27. The summed E-state index contributed by atoms with van der Waals surface area (Å²) < 4.78 is 0. The number of nitrogens with zero attached hydrogens (tertiary/aromatic N) is 2. The Morgan fingerprint density at radius 1 is 1.29 bits per heavy atom. The fraction of sp³-hybridized carbons (Fsp3) is 0.286. The number of nitrogens with one attached hydrogen (secondary N) is 3.